The third-order valence-corrected chi connectivity index (χ3v) is 8.35. The van der Waals surface area contributed by atoms with Gasteiger partial charge in [0.1, 0.15) is 21.9 Å². The molecule has 2 aliphatic rings. The summed E-state index contributed by atoms with van der Waals surface area (Å²) in [5, 5.41) is 11.1. The molecule has 0 radical (unpaired) electrons. The van der Waals surface area contributed by atoms with E-state index in [2.05, 4.69) is 4.98 Å². The number of esters is 2. The molecule has 11 heteroatoms. The normalized spacial score (nSPS) is 22.2. The number of nitrogens with zero attached hydrogens (tertiary/aromatic N) is 3. The number of ether oxygens (including phenoxy) is 2. The monoisotopic (exact) mass is 513 g/mol. The first-order valence-electron chi connectivity index (χ1n) is 11.0. The van der Waals surface area contributed by atoms with Crippen molar-refractivity contribution in [3.63, 3.8) is 0 Å². The van der Waals surface area contributed by atoms with E-state index in [4.69, 9.17) is 9.47 Å². The number of aromatic nitrogens is 2. The quantitative estimate of drug-likeness (QED) is 0.222. The SMILES string of the molecule is CSc1ncn2cc(C3=C(C(=O)OCOC(=O)c4ccccc4)N4C(=O)[C@H]([C@@H](C)O)[C@H]4[C@H]3C)sc12. The minimum atomic E-state index is -0.846. The molecule has 0 aliphatic carbocycles. The van der Waals surface area contributed by atoms with Gasteiger partial charge in [-0.3, -0.25) is 9.20 Å². The molecule has 1 saturated heterocycles. The zero-order valence-corrected chi connectivity index (χ0v) is 20.8. The largest absolute Gasteiger partial charge is 0.424 e. The fourth-order valence-corrected chi connectivity index (χ4v) is 6.71. The maximum Gasteiger partial charge on any atom is 0.358 e. The number of thioether (sulfide) groups is 1. The van der Waals surface area contributed by atoms with Crippen molar-refractivity contribution in [3.8, 4) is 0 Å². The molecular weight excluding hydrogens is 490 g/mol. The van der Waals surface area contributed by atoms with Gasteiger partial charge in [-0.25, -0.2) is 14.6 Å². The lowest BCUT2D eigenvalue weighted by molar-refractivity contribution is -0.166. The van der Waals surface area contributed by atoms with Crippen LogP contribution < -0.4 is 0 Å². The summed E-state index contributed by atoms with van der Waals surface area (Å²) < 4.78 is 12.3. The molecular formula is C24H23N3O6S2. The van der Waals surface area contributed by atoms with Crippen LogP contribution in [0.4, 0.5) is 0 Å². The van der Waals surface area contributed by atoms with Crippen molar-refractivity contribution in [2.24, 2.45) is 11.8 Å². The van der Waals surface area contributed by atoms with Crippen molar-refractivity contribution in [1.82, 2.24) is 14.3 Å². The second kappa shape index (κ2) is 9.14. The first kappa shape index (κ1) is 23.6. The first-order chi connectivity index (χ1) is 16.8. The van der Waals surface area contributed by atoms with Crippen LogP contribution in [0, 0.1) is 11.8 Å². The standard InChI is InChI=1S/C24H23N3O6S2/c1-12-16(15-9-26-10-25-20(34-3)22(26)35-15)19(27-18(12)17(13(2)28)21(27)29)24(31)33-11-32-23(30)14-7-5-4-6-8-14/h4-10,12-13,17-18,28H,11H2,1-3H3/t12-,13+,17+,18+/m0/s1. The second-order valence-corrected chi connectivity index (χ2v) is 10.3. The van der Waals surface area contributed by atoms with Gasteiger partial charge in [0, 0.05) is 17.7 Å². The lowest BCUT2D eigenvalue weighted by Crippen LogP contribution is -2.63. The molecule has 1 N–H and O–H groups in total. The van der Waals surface area contributed by atoms with E-state index in [-0.39, 0.29) is 23.6 Å². The summed E-state index contributed by atoms with van der Waals surface area (Å²) in [5.74, 6) is -2.51. The van der Waals surface area contributed by atoms with Gasteiger partial charge in [-0.1, -0.05) is 25.1 Å². The van der Waals surface area contributed by atoms with Crippen molar-refractivity contribution in [3.05, 3.63) is 59.0 Å². The van der Waals surface area contributed by atoms with Crippen LogP contribution in [0.2, 0.25) is 0 Å². The molecule has 2 aromatic heterocycles. The Morgan fingerprint density at radius 3 is 2.63 bits per heavy atom. The molecule has 0 unspecified atom stereocenters. The number of hydrogen-bond acceptors (Lipinski definition) is 9. The lowest BCUT2D eigenvalue weighted by Gasteiger charge is -2.46. The molecule has 1 fully saturated rings. The van der Waals surface area contributed by atoms with Crippen LogP contribution in [-0.2, 0) is 19.1 Å². The number of carbonyl (C=O) groups is 3. The Kier molecular flexibility index (Phi) is 6.16. The number of β-lactam (4-membered cyclic amide) rings is 1. The molecule has 0 saturated carbocycles. The fourth-order valence-electron chi connectivity index (χ4n) is 4.79. The highest BCUT2D eigenvalue weighted by Crippen LogP contribution is 2.52. The zero-order chi connectivity index (χ0) is 24.9. The number of benzene rings is 1. The van der Waals surface area contributed by atoms with Gasteiger partial charge in [0.15, 0.2) is 0 Å². The molecule has 4 heterocycles. The van der Waals surface area contributed by atoms with Crippen LogP contribution in [0.1, 0.15) is 29.1 Å². The Balaban J connectivity index is 1.44. The van der Waals surface area contributed by atoms with Crippen LogP contribution in [0.3, 0.4) is 0 Å². The van der Waals surface area contributed by atoms with E-state index in [1.807, 2.05) is 23.8 Å². The lowest BCUT2D eigenvalue weighted by atomic mass is 9.77. The highest BCUT2D eigenvalue weighted by atomic mass is 32.2. The molecule has 3 aromatic rings. The summed E-state index contributed by atoms with van der Waals surface area (Å²) in [4.78, 5) is 45.9. The van der Waals surface area contributed by atoms with E-state index in [1.165, 1.54) is 28.0 Å². The van der Waals surface area contributed by atoms with E-state index < -0.39 is 30.8 Å². The van der Waals surface area contributed by atoms with Crippen molar-refractivity contribution in [2.75, 3.05) is 13.0 Å². The molecule has 9 nitrogen and oxygen atoms in total. The summed E-state index contributed by atoms with van der Waals surface area (Å²) in [6.45, 7) is 2.93. The minimum Gasteiger partial charge on any atom is -0.424 e. The molecule has 5 rings (SSSR count). The molecule has 35 heavy (non-hydrogen) atoms. The molecule has 2 aliphatic heterocycles. The number of fused-ring (bicyclic) bond motifs is 2. The first-order valence-corrected chi connectivity index (χ1v) is 13.0. The Labute approximate surface area is 209 Å². The number of hydrogen-bond donors (Lipinski definition) is 1. The Morgan fingerprint density at radius 1 is 1.23 bits per heavy atom. The Morgan fingerprint density at radius 2 is 1.94 bits per heavy atom. The van der Waals surface area contributed by atoms with Crippen LogP contribution >= 0.6 is 23.1 Å². The van der Waals surface area contributed by atoms with E-state index in [0.717, 1.165) is 14.7 Å². The average molecular weight is 514 g/mol. The highest BCUT2D eigenvalue weighted by Gasteiger charge is 2.60. The van der Waals surface area contributed by atoms with Crippen LogP contribution in [0.25, 0.3) is 10.4 Å². The Hall–Kier alpha value is -3.15. The molecule has 0 bridgehead atoms. The predicted octanol–water partition coefficient (Wildman–Crippen LogP) is 3.04. The zero-order valence-electron chi connectivity index (χ0n) is 19.2. The number of amides is 1. The topological polar surface area (TPSA) is 110 Å². The van der Waals surface area contributed by atoms with Gasteiger partial charge in [-0.15, -0.1) is 23.1 Å². The van der Waals surface area contributed by atoms with E-state index >= 15 is 0 Å². The van der Waals surface area contributed by atoms with Crippen molar-refractivity contribution >= 4 is 51.3 Å². The summed E-state index contributed by atoms with van der Waals surface area (Å²) in [7, 11) is 0. The van der Waals surface area contributed by atoms with Gasteiger partial charge < -0.3 is 19.5 Å². The predicted molar refractivity (Wildman–Crippen MR) is 130 cm³/mol. The summed E-state index contributed by atoms with van der Waals surface area (Å²) in [6, 6.07) is 8.02. The van der Waals surface area contributed by atoms with Crippen LogP contribution in [0.5, 0.6) is 0 Å². The Bertz CT molecular complexity index is 1350. The second-order valence-electron chi connectivity index (χ2n) is 8.43. The average Bonchev–Trinajstić information content (AvgIpc) is 3.48. The van der Waals surface area contributed by atoms with E-state index in [9.17, 15) is 19.5 Å². The number of rotatable bonds is 7. The van der Waals surface area contributed by atoms with E-state index in [0.29, 0.717) is 11.1 Å². The molecule has 0 spiro atoms. The number of aliphatic hydroxyl groups excluding tert-OH is 1. The maximum atomic E-state index is 13.2. The number of thiazole rings is 1. The van der Waals surface area contributed by atoms with Gasteiger partial charge >= 0.3 is 11.9 Å². The summed E-state index contributed by atoms with van der Waals surface area (Å²) in [5.41, 5.74) is 1.14. The molecule has 182 valence electrons. The fraction of sp³-hybridized carbons (Fsp3) is 0.333. The molecule has 1 aromatic carbocycles. The van der Waals surface area contributed by atoms with Gasteiger partial charge in [-0.05, 0) is 25.3 Å². The smallest absolute Gasteiger partial charge is 0.358 e. The van der Waals surface area contributed by atoms with Gasteiger partial charge in [0.2, 0.25) is 12.7 Å². The van der Waals surface area contributed by atoms with E-state index in [1.54, 1.807) is 43.6 Å². The van der Waals surface area contributed by atoms with Crippen LogP contribution in [-0.4, -0.2) is 62.4 Å². The third-order valence-electron chi connectivity index (χ3n) is 6.39. The van der Waals surface area contributed by atoms with Gasteiger partial charge in [0.25, 0.3) is 0 Å². The minimum absolute atomic E-state index is 0.128. The number of imidazole rings is 1. The number of aliphatic hydroxyl groups is 1. The van der Waals surface area contributed by atoms with Crippen molar-refractivity contribution < 1.29 is 29.0 Å². The van der Waals surface area contributed by atoms with Gasteiger partial charge in [-0.2, -0.15) is 0 Å². The molecule has 1 amide bonds. The maximum absolute atomic E-state index is 13.2. The summed E-state index contributed by atoms with van der Waals surface area (Å²) >= 11 is 3.00. The third kappa shape index (κ3) is 3.83. The highest BCUT2D eigenvalue weighted by molar-refractivity contribution is 7.98. The summed E-state index contributed by atoms with van der Waals surface area (Å²) in [6.07, 6.45) is 4.69. The van der Waals surface area contributed by atoms with Crippen molar-refractivity contribution in [2.45, 2.75) is 31.0 Å². The van der Waals surface area contributed by atoms with Crippen molar-refractivity contribution in [1.29, 1.82) is 0 Å². The van der Waals surface area contributed by atoms with Crippen LogP contribution in [0.15, 0.2) is 53.6 Å². The van der Waals surface area contributed by atoms with Gasteiger partial charge in [0.05, 0.1) is 28.5 Å². The molecule has 4 atom stereocenters. The number of carbonyl (C=O) groups excluding carboxylic acids is 3.